The molecule has 8 heteroatoms. The lowest BCUT2D eigenvalue weighted by Gasteiger charge is -2.14. The fraction of sp³-hybridized carbons (Fsp3) is 0.300. The Bertz CT molecular complexity index is 885. The molecule has 0 saturated heterocycles. The number of amides is 2. The molecule has 0 unspecified atom stereocenters. The largest absolute Gasteiger partial charge is 0.493 e. The molecule has 0 saturated carbocycles. The van der Waals surface area contributed by atoms with E-state index in [1.165, 1.54) is 24.1 Å². The Hall–Kier alpha value is -2.44. The van der Waals surface area contributed by atoms with Crippen LogP contribution in [-0.4, -0.2) is 44.5 Å². The van der Waals surface area contributed by atoms with Gasteiger partial charge in [0.05, 0.1) is 29.3 Å². The summed E-state index contributed by atoms with van der Waals surface area (Å²) in [5, 5.41) is 3.26. The fourth-order valence-corrected chi connectivity index (χ4v) is 2.93. The highest BCUT2D eigenvalue weighted by molar-refractivity contribution is 6.34. The fourth-order valence-electron chi connectivity index (χ4n) is 2.41. The minimum absolute atomic E-state index is 0.220. The lowest BCUT2D eigenvalue weighted by molar-refractivity contribution is 0.0827. The first-order valence-corrected chi connectivity index (χ1v) is 9.37. The number of hydrogen-bond donors (Lipinski definition) is 1. The molecule has 0 spiro atoms. The number of anilines is 1. The first-order valence-electron chi connectivity index (χ1n) is 8.61. The number of nitrogens with one attached hydrogen (secondary N) is 1. The Kier molecular flexibility index (Phi) is 7.54. The molecule has 0 fully saturated rings. The van der Waals surface area contributed by atoms with Crippen LogP contribution in [0.1, 0.15) is 34.1 Å². The summed E-state index contributed by atoms with van der Waals surface area (Å²) in [5.41, 5.74) is 1.11. The number of methoxy groups -OCH3 is 1. The van der Waals surface area contributed by atoms with Crippen LogP contribution in [0, 0.1) is 0 Å². The van der Waals surface area contributed by atoms with Crippen LogP contribution < -0.4 is 14.8 Å². The summed E-state index contributed by atoms with van der Waals surface area (Å²) < 4.78 is 10.9. The van der Waals surface area contributed by atoms with Gasteiger partial charge in [-0.25, -0.2) is 0 Å². The van der Waals surface area contributed by atoms with Crippen molar-refractivity contribution >= 4 is 40.7 Å². The van der Waals surface area contributed by atoms with Crippen LogP contribution in [0.15, 0.2) is 30.3 Å². The average Bonchev–Trinajstić information content (AvgIpc) is 2.65. The Morgan fingerprint density at radius 1 is 1.11 bits per heavy atom. The molecular weight excluding hydrogens is 403 g/mol. The van der Waals surface area contributed by atoms with Crippen molar-refractivity contribution in [3.8, 4) is 11.5 Å². The van der Waals surface area contributed by atoms with Gasteiger partial charge in [-0.05, 0) is 36.8 Å². The lowest BCUT2D eigenvalue weighted by atomic mass is 10.1. The molecule has 6 nitrogen and oxygen atoms in total. The molecule has 2 rings (SSSR count). The van der Waals surface area contributed by atoms with Gasteiger partial charge >= 0.3 is 0 Å². The van der Waals surface area contributed by atoms with Gasteiger partial charge in [-0.3, -0.25) is 9.59 Å². The number of hydrogen-bond acceptors (Lipinski definition) is 4. The molecule has 150 valence electrons. The summed E-state index contributed by atoms with van der Waals surface area (Å²) in [6, 6.07) is 7.76. The molecule has 0 aromatic heterocycles. The van der Waals surface area contributed by atoms with E-state index in [-0.39, 0.29) is 16.0 Å². The van der Waals surface area contributed by atoms with Crippen molar-refractivity contribution in [2.75, 3.05) is 33.1 Å². The Morgan fingerprint density at radius 2 is 1.82 bits per heavy atom. The van der Waals surface area contributed by atoms with Gasteiger partial charge in [-0.2, -0.15) is 0 Å². The van der Waals surface area contributed by atoms with Crippen molar-refractivity contribution in [1.82, 2.24) is 4.90 Å². The maximum atomic E-state index is 12.6. The molecule has 0 radical (unpaired) electrons. The molecule has 0 aliphatic carbocycles. The van der Waals surface area contributed by atoms with Crippen LogP contribution in [0.3, 0.4) is 0 Å². The second kappa shape index (κ2) is 9.66. The normalized spacial score (nSPS) is 10.4. The van der Waals surface area contributed by atoms with E-state index in [0.717, 1.165) is 6.42 Å². The second-order valence-electron chi connectivity index (χ2n) is 6.19. The maximum absolute atomic E-state index is 12.6. The van der Waals surface area contributed by atoms with E-state index in [1.54, 1.807) is 32.3 Å². The standard InChI is InChI=1S/C20H22Cl2N2O4/c1-5-8-28-18-16(22)9-12(10-17(18)27-4)19(25)23-13-6-7-14(15(21)11-13)20(26)24(2)3/h6-7,9-11H,5,8H2,1-4H3,(H,23,25). The Labute approximate surface area is 174 Å². The van der Waals surface area contributed by atoms with Gasteiger partial charge in [0, 0.05) is 25.3 Å². The quantitative estimate of drug-likeness (QED) is 0.696. The van der Waals surface area contributed by atoms with Crippen LogP contribution in [0.2, 0.25) is 10.0 Å². The number of carbonyl (C=O) groups excluding carboxylic acids is 2. The van der Waals surface area contributed by atoms with Crippen LogP contribution in [-0.2, 0) is 0 Å². The van der Waals surface area contributed by atoms with Crippen molar-refractivity contribution in [2.24, 2.45) is 0 Å². The molecule has 0 aliphatic heterocycles. The van der Waals surface area contributed by atoms with Crippen molar-refractivity contribution in [3.05, 3.63) is 51.5 Å². The number of nitrogens with zero attached hydrogens (tertiary/aromatic N) is 1. The zero-order valence-corrected chi connectivity index (χ0v) is 17.6. The van der Waals surface area contributed by atoms with Gasteiger partial charge in [0.2, 0.25) is 0 Å². The van der Waals surface area contributed by atoms with E-state index in [0.29, 0.717) is 34.9 Å². The summed E-state index contributed by atoms with van der Waals surface area (Å²) in [6.07, 6.45) is 0.814. The van der Waals surface area contributed by atoms with Crippen molar-refractivity contribution in [3.63, 3.8) is 0 Å². The SMILES string of the molecule is CCCOc1c(Cl)cc(C(=O)Nc2ccc(C(=O)N(C)C)c(Cl)c2)cc1OC. The summed E-state index contributed by atoms with van der Waals surface area (Å²) in [6.45, 7) is 2.46. The number of rotatable bonds is 7. The van der Waals surface area contributed by atoms with Gasteiger partial charge in [0.25, 0.3) is 11.8 Å². The van der Waals surface area contributed by atoms with E-state index < -0.39 is 5.91 Å². The first kappa shape index (κ1) is 21.9. The first-order chi connectivity index (χ1) is 13.3. The van der Waals surface area contributed by atoms with E-state index in [4.69, 9.17) is 32.7 Å². The molecule has 0 aliphatic rings. The van der Waals surface area contributed by atoms with Crippen molar-refractivity contribution < 1.29 is 19.1 Å². The van der Waals surface area contributed by atoms with Gasteiger partial charge < -0.3 is 19.7 Å². The summed E-state index contributed by atoms with van der Waals surface area (Å²) in [5.74, 6) is 0.153. The Morgan fingerprint density at radius 3 is 2.39 bits per heavy atom. The van der Waals surface area contributed by atoms with Gasteiger partial charge in [0.1, 0.15) is 0 Å². The van der Waals surface area contributed by atoms with E-state index >= 15 is 0 Å². The van der Waals surface area contributed by atoms with E-state index in [2.05, 4.69) is 5.32 Å². The summed E-state index contributed by atoms with van der Waals surface area (Å²) in [7, 11) is 4.76. The molecule has 0 atom stereocenters. The van der Waals surface area contributed by atoms with Crippen LogP contribution in [0.4, 0.5) is 5.69 Å². The van der Waals surface area contributed by atoms with Crippen LogP contribution in [0.25, 0.3) is 0 Å². The van der Waals surface area contributed by atoms with Crippen LogP contribution >= 0.6 is 23.2 Å². The number of benzene rings is 2. The monoisotopic (exact) mass is 424 g/mol. The second-order valence-corrected chi connectivity index (χ2v) is 7.00. The highest BCUT2D eigenvalue weighted by Crippen LogP contribution is 2.36. The minimum Gasteiger partial charge on any atom is -0.493 e. The van der Waals surface area contributed by atoms with Gasteiger partial charge in [-0.15, -0.1) is 0 Å². The van der Waals surface area contributed by atoms with Crippen LogP contribution in [0.5, 0.6) is 11.5 Å². The highest BCUT2D eigenvalue weighted by Gasteiger charge is 2.17. The van der Waals surface area contributed by atoms with E-state index in [9.17, 15) is 9.59 Å². The molecule has 0 bridgehead atoms. The third-order valence-electron chi connectivity index (χ3n) is 3.81. The van der Waals surface area contributed by atoms with Crippen molar-refractivity contribution in [1.29, 1.82) is 0 Å². The number of ether oxygens (including phenoxy) is 2. The predicted molar refractivity (Wildman–Crippen MR) is 111 cm³/mol. The minimum atomic E-state index is -0.398. The van der Waals surface area contributed by atoms with Crippen molar-refractivity contribution in [2.45, 2.75) is 13.3 Å². The van der Waals surface area contributed by atoms with Gasteiger partial charge in [-0.1, -0.05) is 30.1 Å². The molecule has 2 amide bonds. The number of carbonyl (C=O) groups is 2. The van der Waals surface area contributed by atoms with E-state index in [1.807, 2.05) is 6.92 Å². The molecule has 0 heterocycles. The maximum Gasteiger partial charge on any atom is 0.255 e. The summed E-state index contributed by atoms with van der Waals surface area (Å²) >= 11 is 12.4. The highest BCUT2D eigenvalue weighted by atomic mass is 35.5. The molecular formula is C20H22Cl2N2O4. The zero-order chi connectivity index (χ0) is 20.8. The molecule has 2 aromatic rings. The predicted octanol–water partition coefficient (Wildman–Crippen LogP) is 4.74. The number of halogens is 2. The van der Waals surface area contributed by atoms with Gasteiger partial charge in [0.15, 0.2) is 11.5 Å². The Balaban J connectivity index is 2.24. The molecule has 2 aromatic carbocycles. The lowest BCUT2D eigenvalue weighted by Crippen LogP contribution is -2.22. The summed E-state index contributed by atoms with van der Waals surface area (Å²) in [4.78, 5) is 26.1. The average molecular weight is 425 g/mol. The third kappa shape index (κ3) is 5.09. The topological polar surface area (TPSA) is 67.9 Å². The molecule has 1 N–H and O–H groups in total. The third-order valence-corrected chi connectivity index (χ3v) is 4.40. The molecule has 28 heavy (non-hydrogen) atoms. The zero-order valence-electron chi connectivity index (χ0n) is 16.1. The smallest absolute Gasteiger partial charge is 0.255 e.